The minimum atomic E-state index is -0.753. The third-order valence-electron chi connectivity index (χ3n) is 8.07. The largest absolute Gasteiger partial charge is 0.490 e. The maximum Gasteiger partial charge on any atom is 0.285 e. The van der Waals surface area contributed by atoms with Crippen molar-refractivity contribution in [2.75, 3.05) is 12.4 Å². The van der Waals surface area contributed by atoms with Crippen LogP contribution in [0.4, 0.5) is 0 Å². The first-order valence-corrected chi connectivity index (χ1v) is 18.8. The summed E-state index contributed by atoms with van der Waals surface area (Å²) in [5.74, 6) is -1.02. The zero-order valence-electron chi connectivity index (χ0n) is 29.7. The van der Waals surface area contributed by atoms with Gasteiger partial charge in [0.1, 0.15) is 12.2 Å². The van der Waals surface area contributed by atoms with Crippen molar-refractivity contribution < 1.29 is 23.9 Å². The maximum absolute atomic E-state index is 14.2. The molecule has 54 heavy (non-hydrogen) atoms. The Morgan fingerprint density at radius 1 is 1.02 bits per heavy atom. The second-order valence-corrected chi connectivity index (χ2v) is 13.4. The second-order valence-electron chi connectivity index (χ2n) is 11.6. The molecule has 1 aliphatic rings. The fraction of sp³-hybridized carbons (Fsp3) is 0.140. The molecular weight excluding hydrogens is 764 g/mol. The molecule has 5 rings (SSSR count). The van der Waals surface area contributed by atoms with Gasteiger partial charge in [-0.15, -0.1) is 0 Å². The van der Waals surface area contributed by atoms with E-state index in [0.29, 0.717) is 45.0 Å². The predicted octanol–water partition coefficient (Wildman–Crippen LogP) is 8.69. The molecule has 0 saturated heterocycles. The lowest BCUT2D eigenvalue weighted by Gasteiger charge is -2.28. The van der Waals surface area contributed by atoms with Crippen LogP contribution in [-0.2, 0) is 21.0 Å². The van der Waals surface area contributed by atoms with E-state index >= 15 is 0 Å². The number of amides is 3. The molecule has 3 amide bonds. The van der Waals surface area contributed by atoms with Gasteiger partial charge in [-0.25, -0.2) is 0 Å². The molecular formula is C43H37BrN4O5S. The van der Waals surface area contributed by atoms with Gasteiger partial charge >= 0.3 is 0 Å². The minimum Gasteiger partial charge on any atom is -0.490 e. The van der Waals surface area contributed by atoms with Gasteiger partial charge in [0.25, 0.3) is 11.8 Å². The quantitative estimate of drug-likeness (QED) is 0.0770. The average molecular weight is 802 g/mol. The van der Waals surface area contributed by atoms with Crippen LogP contribution in [0.3, 0.4) is 0 Å². The van der Waals surface area contributed by atoms with E-state index in [2.05, 4.69) is 38.9 Å². The summed E-state index contributed by atoms with van der Waals surface area (Å²) < 4.78 is 12.5. The van der Waals surface area contributed by atoms with Crippen molar-refractivity contribution in [2.45, 2.75) is 26.5 Å². The fourth-order valence-electron chi connectivity index (χ4n) is 5.54. The van der Waals surface area contributed by atoms with Gasteiger partial charge in [-0.2, -0.15) is 10.3 Å². The molecule has 1 heterocycles. The molecule has 0 aromatic heterocycles. The molecule has 9 nitrogen and oxygen atoms in total. The van der Waals surface area contributed by atoms with Crippen LogP contribution in [0.2, 0.25) is 0 Å². The van der Waals surface area contributed by atoms with E-state index in [-0.39, 0.29) is 29.0 Å². The molecule has 0 aliphatic carbocycles. The Balaban J connectivity index is 1.43. The monoisotopic (exact) mass is 800 g/mol. The lowest BCUT2D eigenvalue weighted by atomic mass is 9.99. The number of nitrogens with zero attached hydrogens (tertiary/aromatic N) is 3. The van der Waals surface area contributed by atoms with E-state index in [4.69, 9.17) is 9.47 Å². The van der Waals surface area contributed by atoms with Gasteiger partial charge in [-0.3, -0.25) is 19.3 Å². The number of rotatable bonds is 14. The minimum absolute atomic E-state index is 0.0627. The first-order chi connectivity index (χ1) is 26.3. The molecule has 0 atom stereocenters. The zero-order chi connectivity index (χ0) is 38.5. The molecule has 4 aromatic carbocycles. The third-order valence-corrected chi connectivity index (χ3v) is 9.59. The van der Waals surface area contributed by atoms with Crippen LogP contribution >= 0.6 is 27.7 Å². The molecule has 1 N–H and O–H groups in total. The van der Waals surface area contributed by atoms with Gasteiger partial charge in [0.2, 0.25) is 5.91 Å². The number of carbonyl (C=O) groups excluding carboxylic acids is 3. The molecule has 0 saturated carbocycles. The topological polar surface area (TPSA) is 121 Å². The summed E-state index contributed by atoms with van der Waals surface area (Å²) in [6.45, 7) is 7.76. The highest BCUT2D eigenvalue weighted by Gasteiger charge is 2.35. The summed E-state index contributed by atoms with van der Waals surface area (Å²) in [6, 6.07) is 31.5. The highest BCUT2D eigenvalue weighted by atomic mass is 79.9. The first kappa shape index (κ1) is 39.3. The summed E-state index contributed by atoms with van der Waals surface area (Å²) in [4.78, 5) is 46.9. The van der Waals surface area contributed by atoms with E-state index < -0.39 is 17.9 Å². The van der Waals surface area contributed by atoms with Crippen LogP contribution in [0.1, 0.15) is 47.7 Å². The number of nitriles is 1. The number of allylic oxidation sites excluding steroid dienone is 4. The molecule has 0 fully saturated rings. The normalized spacial score (nSPS) is 13.9. The number of halogens is 1. The van der Waals surface area contributed by atoms with E-state index in [1.807, 2.05) is 79.7 Å². The Labute approximate surface area is 327 Å². The lowest BCUT2D eigenvalue weighted by molar-refractivity contribution is -0.126. The van der Waals surface area contributed by atoms with Crippen LogP contribution in [0, 0.1) is 11.3 Å². The SMILES string of the molecule is C=C/C=C\C(=C/C)N1C(=O)/C(=C/c2cc(Br)c(OCc3ccccc3C#N)c(OCC)c2)C(=O)N=C1SCC(=O)NC(c1ccccc1)c1ccccc1. The molecule has 0 unspecified atom stereocenters. The number of benzene rings is 4. The number of hydrogen-bond donors (Lipinski definition) is 1. The summed E-state index contributed by atoms with van der Waals surface area (Å²) >= 11 is 4.55. The highest BCUT2D eigenvalue weighted by Crippen LogP contribution is 2.39. The summed E-state index contributed by atoms with van der Waals surface area (Å²) in [6.07, 6.45) is 8.07. The Hall–Kier alpha value is -5.96. The van der Waals surface area contributed by atoms with Crippen LogP contribution in [0.5, 0.6) is 11.5 Å². The van der Waals surface area contributed by atoms with E-state index in [0.717, 1.165) is 22.9 Å². The molecule has 0 radical (unpaired) electrons. The highest BCUT2D eigenvalue weighted by molar-refractivity contribution is 9.10. The van der Waals surface area contributed by atoms with Gasteiger partial charge in [0.15, 0.2) is 16.7 Å². The van der Waals surface area contributed by atoms with Crippen molar-refractivity contribution in [2.24, 2.45) is 4.99 Å². The third kappa shape index (κ3) is 9.72. The van der Waals surface area contributed by atoms with Crippen molar-refractivity contribution in [3.8, 4) is 17.6 Å². The number of carbonyl (C=O) groups is 3. The predicted molar refractivity (Wildman–Crippen MR) is 216 cm³/mol. The van der Waals surface area contributed by atoms with Crippen molar-refractivity contribution in [3.63, 3.8) is 0 Å². The fourth-order valence-corrected chi connectivity index (χ4v) is 6.92. The van der Waals surface area contributed by atoms with Crippen LogP contribution < -0.4 is 14.8 Å². The smallest absolute Gasteiger partial charge is 0.285 e. The summed E-state index contributed by atoms with van der Waals surface area (Å²) in [7, 11) is 0. The second kappa shape index (κ2) is 19.2. The van der Waals surface area contributed by atoms with Crippen LogP contribution in [-0.4, -0.2) is 40.1 Å². The number of aliphatic imine (C=N–C) groups is 1. The van der Waals surface area contributed by atoms with Crippen molar-refractivity contribution in [3.05, 3.63) is 172 Å². The Kier molecular flexibility index (Phi) is 14.0. The number of amidine groups is 1. The van der Waals surface area contributed by atoms with E-state index in [1.165, 1.54) is 11.0 Å². The first-order valence-electron chi connectivity index (χ1n) is 17.0. The molecule has 11 heteroatoms. The van der Waals surface area contributed by atoms with Gasteiger partial charge in [-0.05, 0) is 76.8 Å². The number of hydrogen-bond acceptors (Lipinski definition) is 7. The Morgan fingerprint density at radius 2 is 1.69 bits per heavy atom. The molecule has 0 bridgehead atoms. The van der Waals surface area contributed by atoms with Gasteiger partial charge in [0, 0.05) is 11.3 Å². The van der Waals surface area contributed by atoms with Crippen molar-refractivity contribution in [1.29, 1.82) is 5.26 Å². The zero-order valence-corrected chi connectivity index (χ0v) is 32.1. The number of ether oxygens (including phenoxy) is 2. The standard InChI is InChI=1S/C43H37BrN4O5S/c1-4-7-22-34(5-2)48-42(51)35(23-29-24-36(44)40(37(25-29)52-6-3)53-27-33-21-15-14-20-32(33)26-45)41(50)47-43(48)54-28-38(49)46-39(30-16-10-8-11-17-30)31-18-12-9-13-19-31/h4-5,7-25,39H,1,6,27-28H2,2-3H3,(H,46,49)/b22-7-,34-5+,35-23+. The van der Waals surface area contributed by atoms with Gasteiger partial charge < -0.3 is 14.8 Å². The summed E-state index contributed by atoms with van der Waals surface area (Å²) in [5, 5.41) is 12.7. The molecule has 1 aliphatic heterocycles. The van der Waals surface area contributed by atoms with Crippen molar-refractivity contribution in [1.82, 2.24) is 10.2 Å². The maximum atomic E-state index is 14.2. The lowest BCUT2D eigenvalue weighted by Crippen LogP contribution is -2.42. The Bertz CT molecular complexity index is 2150. The number of nitrogens with one attached hydrogen (secondary N) is 1. The van der Waals surface area contributed by atoms with E-state index in [1.54, 1.807) is 55.5 Å². The Morgan fingerprint density at radius 3 is 2.31 bits per heavy atom. The van der Waals surface area contributed by atoms with Gasteiger partial charge in [-0.1, -0.05) is 115 Å². The van der Waals surface area contributed by atoms with Crippen LogP contribution in [0.25, 0.3) is 6.08 Å². The van der Waals surface area contributed by atoms with Crippen LogP contribution in [0.15, 0.2) is 149 Å². The average Bonchev–Trinajstić information content (AvgIpc) is 3.19. The molecule has 4 aromatic rings. The summed E-state index contributed by atoms with van der Waals surface area (Å²) in [5.41, 5.74) is 3.76. The van der Waals surface area contributed by atoms with E-state index in [9.17, 15) is 19.6 Å². The number of thioether (sulfide) groups is 1. The molecule has 272 valence electrons. The van der Waals surface area contributed by atoms with Gasteiger partial charge in [0.05, 0.1) is 34.5 Å². The van der Waals surface area contributed by atoms with Crippen molar-refractivity contribution >= 4 is 56.7 Å². The molecule has 0 spiro atoms.